The minimum atomic E-state index is -0.830. The summed E-state index contributed by atoms with van der Waals surface area (Å²) in [7, 11) is 1.46. The lowest BCUT2D eigenvalue weighted by atomic mass is 9.68. The normalized spacial score (nSPS) is 16.9. The van der Waals surface area contributed by atoms with Gasteiger partial charge >= 0.3 is 11.9 Å². The van der Waals surface area contributed by atoms with Crippen molar-refractivity contribution in [3.8, 4) is 23.0 Å². The Labute approximate surface area is 264 Å². The largest absolute Gasteiger partial charge is 0.495 e. The van der Waals surface area contributed by atoms with Crippen molar-refractivity contribution < 1.29 is 33.6 Å². The number of carbonyl (C=O) groups is 2. The van der Waals surface area contributed by atoms with Gasteiger partial charge in [-0.3, -0.25) is 4.79 Å². The van der Waals surface area contributed by atoms with E-state index in [2.05, 4.69) is 29.8 Å². The van der Waals surface area contributed by atoms with Gasteiger partial charge in [0.05, 0.1) is 23.1 Å². The van der Waals surface area contributed by atoms with E-state index in [1.165, 1.54) is 7.11 Å². The molecule has 7 nitrogen and oxygen atoms in total. The first kappa shape index (κ1) is 33.3. The van der Waals surface area contributed by atoms with Crippen LogP contribution in [0, 0.1) is 31.1 Å². The first-order valence-electron chi connectivity index (χ1n) is 15.8. The maximum Gasteiger partial charge on any atom is 0.346 e. The SMILES string of the molecule is CCC(CC)CC1(C(=O)Oc2c(Br)c(C)c(C)c3c2Oc2ccc([C@@H](O)CC(C)C)c(OC)c2C(=O)OC3)CCCCC1. The molecule has 236 valence electrons. The number of benzene rings is 2. The van der Waals surface area contributed by atoms with Gasteiger partial charge in [0.15, 0.2) is 11.5 Å². The molecule has 0 saturated heterocycles. The Bertz CT molecular complexity index is 1340. The van der Waals surface area contributed by atoms with Crippen LogP contribution in [0.1, 0.15) is 124 Å². The van der Waals surface area contributed by atoms with Crippen LogP contribution in [0.15, 0.2) is 16.6 Å². The fraction of sp³-hybridized carbons (Fsp3) is 0.600. The maximum atomic E-state index is 14.2. The Kier molecular flexibility index (Phi) is 10.9. The van der Waals surface area contributed by atoms with Crippen molar-refractivity contribution in [2.75, 3.05) is 7.11 Å². The third kappa shape index (κ3) is 6.75. The van der Waals surface area contributed by atoms with Crippen molar-refractivity contribution in [1.29, 1.82) is 0 Å². The molecule has 43 heavy (non-hydrogen) atoms. The second-order valence-corrected chi connectivity index (χ2v) is 13.5. The van der Waals surface area contributed by atoms with Crippen LogP contribution in [-0.2, 0) is 16.1 Å². The Morgan fingerprint density at radius 3 is 2.35 bits per heavy atom. The standard InChI is InChI=1S/C35H47BrO7/c1-8-23(9-2)18-35(15-11-10-12-16-35)34(39)43-32-29(36)22(6)21(5)25-19-41-33(38)28-27(42-31(25)32)14-13-24(30(28)40-7)26(37)17-20(3)4/h13-14,20,23,26,37H,8-12,15-19H2,1-7H3/t26-/m0/s1. The van der Waals surface area contributed by atoms with E-state index >= 15 is 0 Å². The van der Waals surface area contributed by atoms with Gasteiger partial charge in [-0.1, -0.05) is 59.8 Å². The van der Waals surface area contributed by atoms with Crippen molar-refractivity contribution in [1.82, 2.24) is 0 Å². The zero-order valence-corrected chi connectivity index (χ0v) is 28.3. The predicted molar refractivity (Wildman–Crippen MR) is 170 cm³/mol. The van der Waals surface area contributed by atoms with Gasteiger partial charge in [-0.05, 0) is 90.6 Å². The van der Waals surface area contributed by atoms with Crippen molar-refractivity contribution in [3.63, 3.8) is 0 Å². The Morgan fingerprint density at radius 1 is 1.07 bits per heavy atom. The summed E-state index contributed by atoms with van der Waals surface area (Å²) >= 11 is 3.71. The monoisotopic (exact) mass is 658 g/mol. The number of cyclic esters (lactones) is 1. The summed E-state index contributed by atoms with van der Waals surface area (Å²) in [5.41, 5.74) is 2.43. The number of fused-ring (bicyclic) bond motifs is 2. The quantitative estimate of drug-likeness (QED) is 0.201. The van der Waals surface area contributed by atoms with Gasteiger partial charge in [0, 0.05) is 11.1 Å². The molecule has 1 aliphatic heterocycles. The number of rotatable bonds is 10. The number of esters is 2. The van der Waals surface area contributed by atoms with E-state index in [1.807, 2.05) is 27.7 Å². The molecule has 0 aromatic heterocycles. The number of halogens is 1. The van der Waals surface area contributed by atoms with Crippen LogP contribution in [0.2, 0.25) is 0 Å². The molecule has 1 fully saturated rings. The van der Waals surface area contributed by atoms with Crippen LogP contribution in [-0.4, -0.2) is 24.2 Å². The van der Waals surface area contributed by atoms with E-state index in [4.69, 9.17) is 18.9 Å². The molecule has 2 aliphatic rings. The average molecular weight is 660 g/mol. The van der Waals surface area contributed by atoms with Gasteiger partial charge in [-0.15, -0.1) is 0 Å². The third-order valence-corrected chi connectivity index (χ3v) is 10.4. The van der Waals surface area contributed by atoms with E-state index in [9.17, 15) is 14.7 Å². The van der Waals surface area contributed by atoms with Crippen LogP contribution in [0.5, 0.6) is 23.0 Å². The van der Waals surface area contributed by atoms with E-state index < -0.39 is 17.5 Å². The van der Waals surface area contributed by atoms with Crippen molar-refractivity contribution in [3.05, 3.63) is 44.4 Å². The third-order valence-electron chi connectivity index (χ3n) is 9.47. The average Bonchev–Trinajstić information content (AvgIpc) is 2.99. The topological polar surface area (TPSA) is 91.3 Å². The number of hydrogen-bond donors (Lipinski definition) is 1. The van der Waals surface area contributed by atoms with Crippen molar-refractivity contribution in [2.45, 2.75) is 112 Å². The number of carbonyl (C=O) groups excluding carboxylic acids is 2. The number of methoxy groups -OCH3 is 1. The number of aliphatic hydroxyl groups is 1. The van der Waals surface area contributed by atoms with Crippen LogP contribution < -0.4 is 14.2 Å². The van der Waals surface area contributed by atoms with E-state index in [-0.39, 0.29) is 35.6 Å². The molecule has 0 amide bonds. The minimum Gasteiger partial charge on any atom is -0.495 e. The van der Waals surface area contributed by atoms with E-state index in [0.29, 0.717) is 39.4 Å². The minimum absolute atomic E-state index is 0.0705. The number of ether oxygens (including phenoxy) is 4. The van der Waals surface area contributed by atoms with E-state index in [1.54, 1.807) is 12.1 Å². The Balaban J connectivity index is 1.83. The lowest BCUT2D eigenvalue weighted by Crippen LogP contribution is -2.38. The molecule has 2 aromatic carbocycles. The molecule has 1 aliphatic carbocycles. The van der Waals surface area contributed by atoms with Gasteiger partial charge in [0.25, 0.3) is 0 Å². The molecular weight excluding hydrogens is 612 g/mol. The summed E-state index contributed by atoms with van der Waals surface area (Å²) in [6.07, 6.45) is 7.29. The van der Waals surface area contributed by atoms with Crippen LogP contribution in [0.25, 0.3) is 0 Å². The molecule has 0 radical (unpaired) electrons. The summed E-state index contributed by atoms with van der Waals surface area (Å²) in [4.78, 5) is 27.6. The summed E-state index contributed by atoms with van der Waals surface area (Å²) in [6.45, 7) is 12.2. The van der Waals surface area contributed by atoms with Crippen molar-refractivity contribution >= 4 is 27.9 Å². The highest BCUT2D eigenvalue weighted by atomic mass is 79.9. The molecule has 1 saturated carbocycles. The molecule has 2 aromatic rings. The highest BCUT2D eigenvalue weighted by Gasteiger charge is 2.43. The lowest BCUT2D eigenvalue weighted by Gasteiger charge is -2.37. The Morgan fingerprint density at radius 2 is 1.74 bits per heavy atom. The summed E-state index contributed by atoms with van der Waals surface area (Å²) in [5.74, 6) is 0.901. The molecule has 1 heterocycles. The van der Waals surface area contributed by atoms with Gasteiger partial charge in [-0.2, -0.15) is 0 Å². The molecule has 0 spiro atoms. The summed E-state index contributed by atoms with van der Waals surface area (Å²) in [6, 6.07) is 3.37. The molecule has 0 unspecified atom stereocenters. The fourth-order valence-electron chi connectivity index (χ4n) is 6.63. The highest BCUT2D eigenvalue weighted by molar-refractivity contribution is 9.10. The zero-order valence-electron chi connectivity index (χ0n) is 26.7. The molecule has 1 N–H and O–H groups in total. The van der Waals surface area contributed by atoms with Crippen molar-refractivity contribution in [2.24, 2.45) is 17.3 Å². The van der Waals surface area contributed by atoms with Crippen LogP contribution in [0.4, 0.5) is 0 Å². The van der Waals surface area contributed by atoms with Gasteiger partial charge in [0.2, 0.25) is 0 Å². The zero-order chi connectivity index (χ0) is 31.5. The summed E-state index contributed by atoms with van der Waals surface area (Å²) in [5, 5.41) is 10.9. The van der Waals surface area contributed by atoms with Crippen LogP contribution in [0.3, 0.4) is 0 Å². The molecular formula is C35H47BrO7. The van der Waals surface area contributed by atoms with Gasteiger partial charge in [0.1, 0.15) is 23.7 Å². The molecule has 4 rings (SSSR count). The molecule has 8 heteroatoms. The Hall–Kier alpha value is -2.58. The molecule has 1 atom stereocenters. The predicted octanol–water partition coefficient (Wildman–Crippen LogP) is 9.30. The number of hydrogen-bond acceptors (Lipinski definition) is 7. The molecule has 0 bridgehead atoms. The van der Waals surface area contributed by atoms with Crippen LogP contribution >= 0.6 is 15.9 Å². The summed E-state index contributed by atoms with van der Waals surface area (Å²) < 4.78 is 25.0. The second-order valence-electron chi connectivity index (χ2n) is 12.7. The highest BCUT2D eigenvalue weighted by Crippen LogP contribution is 2.51. The fourth-order valence-corrected chi connectivity index (χ4v) is 7.19. The maximum absolute atomic E-state index is 14.2. The van der Waals surface area contributed by atoms with Gasteiger partial charge < -0.3 is 24.1 Å². The first-order chi connectivity index (χ1) is 20.5. The second kappa shape index (κ2) is 14.0. The van der Waals surface area contributed by atoms with Gasteiger partial charge in [-0.25, -0.2) is 4.79 Å². The lowest BCUT2D eigenvalue weighted by molar-refractivity contribution is -0.149. The first-order valence-corrected chi connectivity index (χ1v) is 16.5. The smallest absolute Gasteiger partial charge is 0.346 e. The number of aliphatic hydroxyl groups excluding tert-OH is 1. The van der Waals surface area contributed by atoms with E-state index in [0.717, 1.165) is 62.5 Å².